The zero-order valence-electron chi connectivity index (χ0n) is 18.5. The number of nitro groups is 1. The van der Waals surface area contributed by atoms with Crippen LogP contribution in [-0.4, -0.2) is 66.4 Å². The molecular formula is C21H25IN6O5. The van der Waals surface area contributed by atoms with E-state index in [1.807, 2.05) is 20.2 Å². The van der Waals surface area contributed by atoms with Crippen molar-refractivity contribution in [3.05, 3.63) is 63.5 Å². The van der Waals surface area contributed by atoms with Crippen molar-refractivity contribution < 1.29 is 19.2 Å². The number of benzene rings is 1. The molecule has 1 unspecified atom stereocenters. The van der Waals surface area contributed by atoms with Gasteiger partial charge in [-0.3, -0.25) is 15.1 Å². The Kier molecular flexibility index (Phi) is 7.92. The molecule has 0 spiro atoms. The van der Waals surface area contributed by atoms with Gasteiger partial charge in [-0.2, -0.15) is 3.22 Å². The van der Waals surface area contributed by atoms with Gasteiger partial charge in [-0.15, -0.1) is 0 Å². The van der Waals surface area contributed by atoms with Crippen molar-refractivity contribution in [2.75, 3.05) is 27.2 Å². The Balaban J connectivity index is 1.81. The monoisotopic (exact) mass is 568 g/mol. The van der Waals surface area contributed by atoms with Gasteiger partial charge in [-0.05, 0) is 51.5 Å². The van der Waals surface area contributed by atoms with Crippen LogP contribution in [0.1, 0.15) is 29.2 Å². The third-order valence-corrected chi connectivity index (χ3v) is 7.59. The maximum absolute atomic E-state index is 12.2. The van der Waals surface area contributed by atoms with Crippen molar-refractivity contribution in [2.24, 2.45) is 5.73 Å². The van der Waals surface area contributed by atoms with Gasteiger partial charge in [-0.1, -0.05) is 12.1 Å². The number of carbonyl (C=O) groups is 2. The topological polar surface area (TPSA) is 135 Å². The fourth-order valence-corrected chi connectivity index (χ4v) is 5.57. The fraction of sp³-hybridized carbons (Fsp3) is 0.333. The molecule has 3 rings (SSSR count). The standard InChI is InChI=1S/C21H25IN6O5/c1-14-7-9-24-18(19(14)33-21(30)25(2)3)12-22-27-10-8-16(13-26(27)20(23)29)15-5-4-6-17(11-15)28(31)32/h4-7,9,11-12,16H,8,10,13H2,1-3H3,(H2,23,29). The summed E-state index contributed by atoms with van der Waals surface area (Å²) in [6.45, 7) is 2.71. The number of carbonyl (C=O) groups excluding carboxylic acids is 2. The van der Waals surface area contributed by atoms with Crippen LogP contribution < -0.4 is 10.5 Å². The minimum Gasteiger partial charge on any atom is -0.408 e. The van der Waals surface area contributed by atoms with E-state index < -0.39 is 38.1 Å². The van der Waals surface area contributed by atoms with Crippen LogP contribution in [0.15, 0.2) is 36.5 Å². The third kappa shape index (κ3) is 6.01. The third-order valence-electron chi connectivity index (χ3n) is 5.07. The smallest absolute Gasteiger partial charge is 0.408 e. The molecule has 12 heteroatoms. The number of halogens is 1. The summed E-state index contributed by atoms with van der Waals surface area (Å²) in [6, 6.07) is 7.64. The Hall–Kier alpha value is -3.13. The first kappa shape index (κ1) is 24.5. The zero-order chi connectivity index (χ0) is 24.1. The predicted molar refractivity (Wildman–Crippen MR) is 131 cm³/mol. The van der Waals surface area contributed by atoms with Crippen LogP contribution in [0.5, 0.6) is 5.75 Å². The molecule has 0 aliphatic carbocycles. The van der Waals surface area contributed by atoms with Crippen LogP contribution in [0, 0.1) is 17.0 Å². The number of primary amides is 1. The molecule has 1 atom stereocenters. The summed E-state index contributed by atoms with van der Waals surface area (Å²) in [5.74, 6) is 0.319. The van der Waals surface area contributed by atoms with E-state index in [1.165, 1.54) is 16.0 Å². The van der Waals surface area contributed by atoms with Gasteiger partial charge in [0.15, 0.2) is 5.75 Å². The van der Waals surface area contributed by atoms with E-state index >= 15 is 0 Å². The molecule has 33 heavy (non-hydrogen) atoms. The lowest BCUT2D eigenvalue weighted by Gasteiger charge is -2.38. The van der Waals surface area contributed by atoms with E-state index in [-0.39, 0.29) is 11.6 Å². The average molecular weight is 568 g/mol. The van der Waals surface area contributed by atoms with Crippen molar-refractivity contribution in [3.63, 3.8) is 0 Å². The first-order chi connectivity index (χ1) is 15.7. The first-order valence-corrected chi connectivity index (χ1v) is 12.3. The molecule has 2 heterocycles. The number of nitro benzene ring substituents is 1. The van der Waals surface area contributed by atoms with Crippen LogP contribution in [0.25, 0.3) is 0 Å². The average Bonchev–Trinajstić information content (AvgIpc) is 2.79. The molecule has 1 aliphatic rings. The summed E-state index contributed by atoms with van der Waals surface area (Å²) >= 11 is -0.869. The second-order valence-corrected chi connectivity index (χ2v) is 9.92. The largest absolute Gasteiger partial charge is 0.414 e. The van der Waals surface area contributed by atoms with Crippen molar-refractivity contribution in [2.45, 2.75) is 19.3 Å². The lowest BCUT2D eigenvalue weighted by atomic mass is 9.94. The molecule has 176 valence electrons. The van der Waals surface area contributed by atoms with E-state index in [0.29, 0.717) is 31.0 Å². The number of pyridine rings is 1. The number of hydrogen-bond donors (Lipinski definition) is 1. The number of non-ortho nitro benzene ring substituents is 1. The highest BCUT2D eigenvalue weighted by Crippen LogP contribution is 2.32. The molecule has 1 saturated heterocycles. The predicted octanol–water partition coefficient (Wildman–Crippen LogP) is 3.18. The number of urea groups is 1. The van der Waals surface area contributed by atoms with E-state index in [9.17, 15) is 19.7 Å². The summed E-state index contributed by atoms with van der Waals surface area (Å²) in [4.78, 5) is 40.6. The van der Waals surface area contributed by atoms with Gasteiger partial charge < -0.3 is 15.4 Å². The molecule has 1 aromatic carbocycles. The van der Waals surface area contributed by atoms with Crippen LogP contribution >= 0.6 is 21.0 Å². The molecule has 2 aromatic rings. The summed E-state index contributed by atoms with van der Waals surface area (Å²) in [5, 5.41) is 12.6. The Morgan fingerprint density at radius 1 is 1.36 bits per heavy atom. The zero-order valence-corrected chi connectivity index (χ0v) is 20.6. The number of rotatable bonds is 5. The van der Waals surface area contributed by atoms with E-state index in [1.54, 1.807) is 38.5 Å². The SMILES string of the molecule is Cc1ccnc(C=IN2CCC(c3cccc([N+](=O)[O-])c3)CN2C(N)=O)c1OC(=O)N(C)C. The Labute approximate surface area is 201 Å². The summed E-state index contributed by atoms with van der Waals surface area (Å²) in [7, 11) is 3.20. The van der Waals surface area contributed by atoms with E-state index in [2.05, 4.69) is 4.98 Å². The number of aryl methyl sites for hydroxylation is 1. The maximum Gasteiger partial charge on any atom is 0.414 e. The van der Waals surface area contributed by atoms with Crippen LogP contribution in [-0.2, 0) is 0 Å². The van der Waals surface area contributed by atoms with Crippen LogP contribution in [0.3, 0.4) is 0 Å². The van der Waals surface area contributed by atoms with Gasteiger partial charge in [0.2, 0.25) is 0 Å². The number of aromatic nitrogens is 1. The summed E-state index contributed by atoms with van der Waals surface area (Å²) in [5.41, 5.74) is 7.77. The van der Waals surface area contributed by atoms with Gasteiger partial charge in [0.25, 0.3) is 5.69 Å². The second kappa shape index (κ2) is 10.7. The molecule has 1 aliphatic heterocycles. The number of hydrogen-bond acceptors (Lipinski definition) is 7. The number of ether oxygens (including phenoxy) is 1. The Morgan fingerprint density at radius 3 is 2.79 bits per heavy atom. The lowest BCUT2D eigenvalue weighted by Crippen LogP contribution is -2.50. The first-order valence-electron chi connectivity index (χ1n) is 10.1. The van der Waals surface area contributed by atoms with E-state index in [0.717, 1.165) is 11.1 Å². The number of amides is 3. The number of nitrogens with two attached hydrogens (primary N) is 1. The highest BCUT2D eigenvalue weighted by molar-refractivity contribution is 14.2. The molecule has 1 fully saturated rings. The quantitative estimate of drug-likeness (QED) is 0.253. The molecule has 3 amide bonds. The molecule has 0 radical (unpaired) electrons. The molecular weight excluding hydrogens is 543 g/mol. The van der Waals surface area contributed by atoms with Crippen LogP contribution in [0.2, 0.25) is 0 Å². The van der Waals surface area contributed by atoms with Gasteiger partial charge >= 0.3 is 12.1 Å². The Bertz CT molecular complexity index is 1090. The molecule has 1 aromatic heterocycles. The van der Waals surface area contributed by atoms with Crippen molar-refractivity contribution in [1.82, 2.24) is 18.1 Å². The minimum atomic E-state index is -0.869. The Morgan fingerprint density at radius 2 is 2.12 bits per heavy atom. The summed E-state index contributed by atoms with van der Waals surface area (Å²) < 4.78 is 9.27. The van der Waals surface area contributed by atoms with Gasteiger partial charge in [0, 0.05) is 55.4 Å². The van der Waals surface area contributed by atoms with Gasteiger partial charge in [-0.25, -0.2) is 14.6 Å². The fourth-order valence-electron chi connectivity index (χ4n) is 3.29. The maximum atomic E-state index is 12.2. The minimum absolute atomic E-state index is 0.0200. The van der Waals surface area contributed by atoms with Crippen molar-refractivity contribution in [1.29, 1.82) is 0 Å². The molecule has 0 saturated carbocycles. The highest BCUT2D eigenvalue weighted by Gasteiger charge is 2.30. The second-order valence-electron chi connectivity index (χ2n) is 7.63. The van der Waals surface area contributed by atoms with Crippen molar-refractivity contribution >= 4 is 42.8 Å². The number of nitrogens with zero attached hydrogens (tertiary/aromatic N) is 5. The summed E-state index contributed by atoms with van der Waals surface area (Å²) in [6.07, 6.45) is 1.84. The van der Waals surface area contributed by atoms with Gasteiger partial charge in [0.1, 0.15) is 5.69 Å². The lowest BCUT2D eigenvalue weighted by molar-refractivity contribution is -0.384. The van der Waals surface area contributed by atoms with Crippen LogP contribution in [0.4, 0.5) is 15.3 Å². The molecule has 0 bridgehead atoms. The van der Waals surface area contributed by atoms with E-state index in [4.69, 9.17) is 10.5 Å². The van der Waals surface area contributed by atoms with Crippen molar-refractivity contribution in [3.8, 4) is 5.75 Å². The van der Waals surface area contributed by atoms with Gasteiger partial charge in [0.05, 0.1) is 4.92 Å². The molecule has 11 nitrogen and oxygen atoms in total. The number of hydrazine groups is 1. The highest BCUT2D eigenvalue weighted by atomic mass is 127. The molecule has 2 N–H and O–H groups in total. The normalized spacial score (nSPS) is 16.8.